The summed E-state index contributed by atoms with van der Waals surface area (Å²) in [5.74, 6) is -0.651. The van der Waals surface area contributed by atoms with Crippen LogP contribution in [0.25, 0.3) is 11.0 Å². The second kappa shape index (κ2) is 9.21. The van der Waals surface area contributed by atoms with Gasteiger partial charge in [-0.05, 0) is 18.6 Å². The van der Waals surface area contributed by atoms with Crippen LogP contribution in [0.1, 0.15) is 58.3 Å². The first-order valence-corrected chi connectivity index (χ1v) is 8.75. The van der Waals surface area contributed by atoms with Crippen LogP contribution < -0.4 is 10.4 Å². The van der Waals surface area contributed by atoms with Gasteiger partial charge in [-0.1, -0.05) is 57.9 Å². The van der Waals surface area contributed by atoms with Crippen LogP contribution in [0.4, 0.5) is 0 Å². The topological polar surface area (TPSA) is 79.9 Å². The maximum atomic E-state index is 11.9. The van der Waals surface area contributed by atoms with Crippen LogP contribution in [-0.4, -0.2) is 16.8 Å². The molecule has 1 aromatic carbocycles. The molecule has 1 heterocycles. The predicted molar refractivity (Wildman–Crippen MR) is 93.9 cm³/mol. The van der Waals surface area contributed by atoms with E-state index in [1.165, 1.54) is 38.2 Å². The van der Waals surface area contributed by atoms with Gasteiger partial charge in [0.25, 0.3) is 0 Å². The fraction of sp³-hybridized carbons (Fsp3) is 0.526. The van der Waals surface area contributed by atoms with E-state index in [1.807, 2.05) is 0 Å². The molecule has 5 heteroatoms. The van der Waals surface area contributed by atoms with E-state index in [4.69, 9.17) is 9.15 Å². The smallest absolute Gasteiger partial charge is 0.383 e. The number of para-hydroxylation sites is 1. The Hall–Kier alpha value is -2.17. The van der Waals surface area contributed by atoms with Gasteiger partial charge in [0, 0.05) is 0 Å². The lowest BCUT2D eigenvalue weighted by atomic mass is 10.1. The molecule has 0 aliphatic carbocycles. The van der Waals surface area contributed by atoms with Gasteiger partial charge in [-0.15, -0.1) is 0 Å². The molecule has 0 aliphatic rings. The van der Waals surface area contributed by atoms with E-state index in [2.05, 4.69) is 6.92 Å². The second-order valence-electron chi connectivity index (χ2n) is 6.04. The zero-order valence-electron chi connectivity index (χ0n) is 14.2. The molecule has 0 saturated carbocycles. The van der Waals surface area contributed by atoms with Gasteiger partial charge in [0.05, 0.1) is 12.0 Å². The normalized spacial score (nSPS) is 11.0. The zero-order chi connectivity index (χ0) is 17.4. The van der Waals surface area contributed by atoms with Gasteiger partial charge in [0.1, 0.15) is 0 Å². The van der Waals surface area contributed by atoms with Crippen molar-refractivity contribution in [2.75, 3.05) is 6.61 Å². The average Bonchev–Trinajstić information content (AvgIpc) is 2.57. The highest BCUT2D eigenvalue weighted by atomic mass is 16.5. The molecule has 0 amide bonds. The molecule has 0 spiro atoms. The van der Waals surface area contributed by atoms with Crippen LogP contribution in [-0.2, 0) is 0 Å². The summed E-state index contributed by atoms with van der Waals surface area (Å²) >= 11 is 0. The Morgan fingerprint density at radius 2 is 1.67 bits per heavy atom. The van der Waals surface area contributed by atoms with E-state index < -0.39 is 5.63 Å². The lowest BCUT2D eigenvalue weighted by molar-refractivity contribution is 0.275. The quantitative estimate of drug-likeness (QED) is 0.485. The van der Waals surface area contributed by atoms with Crippen LogP contribution in [0.15, 0.2) is 27.4 Å². The van der Waals surface area contributed by atoms with Crippen molar-refractivity contribution in [3.05, 3.63) is 28.6 Å². The molecule has 2 rings (SSSR count). The van der Waals surface area contributed by atoms with E-state index in [1.54, 1.807) is 12.1 Å². The Balaban J connectivity index is 1.84. The summed E-state index contributed by atoms with van der Waals surface area (Å²) in [6.45, 7) is 2.56. The molecule has 0 unspecified atom stereocenters. The van der Waals surface area contributed by atoms with Crippen molar-refractivity contribution in [2.45, 2.75) is 58.3 Å². The molecule has 0 radical (unpaired) electrons. The Morgan fingerprint density at radius 1 is 1.00 bits per heavy atom. The molecule has 0 saturated heterocycles. The number of hydrogen-bond acceptors (Lipinski definition) is 5. The molecule has 2 N–H and O–H groups in total. The molecule has 132 valence electrons. The summed E-state index contributed by atoms with van der Waals surface area (Å²) in [5, 5.41) is 20.1. The molecule has 0 bridgehead atoms. The highest BCUT2D eigenvalue weighted by Crippen LogP contribution is 2.35. The fourth-order valence-electron chi connectivity index (χ4n) is 2.71. The SMILES string of the molecule is CCCCCCCCCCOc1c(O)c2cccc(O)c2oc1=O. The highest BCUT2D eigenvalue weighted by Gasteiger charge is 2.17. The summed E-state index contributed by atoms with van der Waals surface area (Å²) in [6, 6.07) is 4.53. The van der Waals surface area contributed by atoms with E-state index in [0.717, 1.165) is 19.3 Å². The molecule has 0 aliphatic heterocycles. The first-order valence-electron chi connectivity index (χ1n) is 8.75. The minimum Gasteiger partial charge on any atom is -0.504 e. The van der Waals surface area contributed by atoms with Crippen LogP contribution in [0.5, 0.6) is 17.2 Å². The van der Waals surface area contributed by atoms with Crippen LogP contribution in [0.3, 0.4) is 0 Å². The lowest BCUT2D eigenvalue weighted by Crippen LogP contribution is -2.08. The molecular weight excluding hydrogens is 308 g/mol. The number of rotatable bonds is 10. The number of aromatic hydroxyl groups is 2. The summed E-state index contributed by atoms with van der Waals surface area (Å²) in [6.07, 6.45) is 9.36. The van der Waals surface area contributed by atoms with Crippen molar-refractivity contribution < 1.29 is 19.4 Å². The van der Waals surface area contributed by atoms with E-state index in [0.29, 0.717) is 6.61 Å². The number of unbranched alkanes of at least 4 members (excludes halogenated alkanes) is 7. The molecule has 1 aromatic heterocycles. The summed E-state index contributed by atoms with van der Waals surface area (Å²) in [5.41, 5.74) is -0.805. The first-order chi connectivity index (χ1) is 11.6. The minimum absolute atomic E-state index is 0.0283. The number of hydrogen-bond donors (Lipinski definition) is 2. The maximum Gasteiger partial charge on any atom is 0.383 e. The Labute approximate surface area is 141 Å². The number of benzene rings is 1. The minimum atomic E-state index is -0.777. The Bertz CT molecular complexity index is 705. The Kier molecular flexibility index (Phi) is 6.97. The van der Waals surface area contributed by atoms with Gasteiger partial charge in [-0.3, -0.25) is 0 Å². The number of ether oxygens (including phenoxy) is 1. The van der Waals surface area contributed by atoms with Gasteiger partial charge in [0.15, 0.2) is 17.1 Å². The first kappa shape index (κ1) is 18.2. The largest absolute Gasteiger partial charge is 0.504 e. The summed E-state index contributed by atoms with van der Waals surface area (Å²) in [7, 11) is 0. The molecule has 2 aromatic rings. The molecule has 5 nitrogen and oxygen atoms in total. The summed E-state index contributed by atoms with van der Waals surface area (Å²) < 4.78 is 10.5. The lowest BCUT2D eigenvalue weighted by Gasteiger charge is -2.09. The van der Waals surface area contributed by atoms with Gasteiger partial charge in [-0.2, -0.15) is 0 Å². The predicted octanol–water partition coefficient (Wildman–Crippen LogP) is 4.72. The standard InChI is InChI=1S/C19H26O5/c1-2-3-4-5-6-7-8-9-13-23-18-16(21)14-11-10-12-15(20)17(14)24-19(18)22/h10-12,20-21H,2-9,13H2,1H3. The number of fused-ring (bicyclic) bond motifs is 1. The van der Waals surface area contributed by atoms with Crippen molar-refractivity contribution in [3.8, 4) is 17.2 Å². The number of phenols is 1. The van der Waals surface area contributed by atoms with E-state index in [-0.39, 0.29) is 28.2 Å². The van der Waals surface area contributed by atoms with Crippen LogP contribution >= 0.6 is 0 Å². The maximum absolute atomic E-state index is 11.9. The monoisotopic (exact) mass is 334 g/mol. The van der Waals surface area contributed by atoms with Crippen LogP contribution in [0.2, 0.25) is 0 Å². The second-order valence-corrected chi connectivity index (χ2v) is 6.04. The fourth-order valence-corrected chi connectivity index (χ4v) is 2.71. The average molecular weight is 334 g/mol. The molecule has 0 fully saturated rings. The summed E-state index contributed by atoms with van der Waals surface area (Å²) in [4.78, 5) is 11.9. The third-order valence-electron chi connectivity index (χ3n) is 4.09. The van der Waals surface area contributed by atoms with Crippen molar-refractivity contribution in [1.82, 2.24) is 0 Å². The third-order valence-corrected chi connectivity index (χ3v) is 4.09. The third kappa shape index (κ3) is 4.66. The Morgan fingerprint density at radius 3 is 2.38 bits per heavy atom. The van der Waals surface area contributed by atoms with Gasteiger partial charge < -0.3 is 19.4 Å². The van der Waals surface area contributed by atoms with Gasteiger partial charge in [0.2, 0.25) is 5.75 Å². The van der Waals surface area contributed by atoms with Crippen molar-refractivity contribution >= 4 is 11.0 Å². The molecule has 24 heavy (non-hydrogen) atoms. The molecule has 0 atom stereocenters. The van der Waals surface area contributed by atoms with E-state index >= 15 is 0 Å². The highest BCUT2D eigenvalue weighted by molar-refractivity contribution is 5.89. The van der Waals surface area contributed by atoms with Crippen molar-refractivity contribution in [2.24, 2.45) is 0 Å². The van der Waals surface area contributed by atoms with Crippen molar-refractivity contribution in [3.63, 3.8) is 0 Å². The van der Waals surface area contributed by atoms with Gasteiger partial charge >= 0.3 is 5.63 Å². The van der Waals surface area contributed by atoms with Crippen LogP contribution in [0, 0.1) is 0 Å². The van der Waals surface area contributed by atoms with Gasteiger partial charge in [-0.25, -0.2) is 4.79 Å². The van der Waals surface area contributed by atoms with Crippen molar-refractivity contribution in [1.29, 1.82) is 0 Å². The number of phenolic OH excluding ortho intramolecular Hbond substituents is 1. The van der Waals surface area contributed by atoms with E-state index in [9.17, 15) is 15.0 Å². The zero-order valence-corrected chi connectivity index (χ0v) is 14.2. The molecular formula is C19H26O5.